The molecule has 0 radical (unpaired) electrons. The maximum absolute atomic E-state index is 11.7. The van der Waals surface area contributed by atoms with Gasteiger partial charge in [-0.2, -0.15) is 0 Å². The van der Waals surface area contributed by atoms with Crippen molar-refractivity contribution in [3.63, 3.8) is 0 Å². The van der Waals surface area contributed by atoms with Gasteiger partial charge in [-0.15, -0.1) is 0 Å². The van der Waals surface area contributed by atoms with Crippen LogP contribution in [0.4, 0.5) is 0 Å². The molecule has 0 saturated carbocycles. The Morgan fingerprint density at radius 1 is 0.978 bits per heavy atom. The Morgan fingerprint density at radius 2 is 1.67 bits per heavy atom. The lowest BCUT2D eigenvalue weighted by Crippen LogP contribution is -2.11. The molecule has 0 aliphatic carbocycles. The van der Waals surface area contributed by atoms with Crippen LogP contribution in [0.5, 0.6) is 0 Å². The third-order valence-corrected chi connectivity index (χ3v) is 6.72. The fourth-order valence-corrected chi connectivity index (χ4v) is 4.17. The minimum atomic E-state index is -1.08. The average Bonchev–Trinajstić information content (AvgIpc) is 3.83. The van der Waals surface area contributed by atoms with E-state index < -0.39 is 23.9 Å². The molecule has 4 rings (SSSR count). The monoisotopic (exact) mass is 613 g/mol. The number of epoxide rings is 1. The van der Waals surface area contributed by atoms with Crippen LogP contribution in [0, 0.1) is 0 Å². The summed E-state index contributed by atoms with van der Waals surface area (Å²) >= 11 is 0. The van der Waals surface area contributed by atoms with Crippen LogP contribution < -0.4 is 0 Å². The topological polar surface area (TPSA) is 152 Å². The zero-order chi connectivity index (χ0) is 33.1. The zero-order valence-corrected chi connectivity index (χ0v) is 25.2. The number of aliphatic carboxylic acids is 2. The first-order valence-electron chi connectivity index (χ1n) is 14.1. The van der Waals surface area contributed by atoms with Crippen LogP contribution in [0.15, 0.2) is 95.7 Å². The Hall–Kier alpha value is -5.35. The molecule has 10 nitrogen and oxygen atoms in total. The molecule has 1 heterocycles. The molecule has 2 N–H and O–H groups in total. The van der Waals surface area contributed by atoms with E-state index in [1.807, 2.05) is 48.5 Å². The predicted octanol–water partition coefficient (Wildman–Crippen LogP) is 6.23. The van der Waals surface area contributed by atoms with E-state index in [9.17, 15) is 24.3 Å². The summed E-state index contributed by atoms with van der Waals surface area (Å²) in [5.74, 6) is -3.14. The number of rotatable bonds is 13. The fourth-order valence-electron chi connectivity index (χ4n) is 4.17. The zero-order valence-electron chi connectivity index (χ0n) is 25.2. The molecule has 45 heavy (non-hydrogen) atoms. The number of carboxylic acid groups (broad SMARTS) is 2. The minimum absolute atomic E-state index is 0.00844. The number of nitrogens with zero attached hydrogens (tertiary/aromatic N) is 1. The van der Waals surface area contributed by atoms with Crippen LogP contribution >= 0.6 is 0 Å². The molecule has 0 spiro atoms. The maximum atomic E-state index is 11.7. The fraction of sp³-hybridized carbons (Fsp3) is 0.229. The number of ether oxygens (including phenoxy) is 2. The summed E-state index contributed by atoms with van der Waals surface area (Å²) in [7, 11) is 0. The second-order valence-electron chi connectivity index (χ2n) is 10.2. The highest BCUT2D eigenvalue weighted by molar-refractivity contribution is 6.16. The molecule has 1 unspecified atom stereocenters. The lowest BCUT2D eigenvalue weighted by molar-refractivity contribution is -0.140. The van der Waals surface area contributed by atoms with Crippen molar-refractivity contribution in [1.82, 2.24) is 0 Å². The summed E-state index contributed by atoms with van der Waals surface area (Å²) in [6, 6.07) is 15.6. The summed E-state index contributed by atoms with van der Waals surface area (Å²) in [4.78, 5) is 49.8. The van der Waals surface area contributed by atoms with E-state index in [2.05, 4.69) is 24.9 Å². The number of carbonyl (C=O) groups is 4. The van der Waals surface area contributed by atoms with Gasteiger partial charge in [-0.1, -0.05) is 74.3 Å². The van der Waals surface area contributed by atoms with Gasteiger partial charge in [0.05, 0.1) is 25.5 Å². The first-order valence-corrected chi connectivity index (χ1v) is 14.1. The first-order chi connectivity index (χ1) is 21.4. The average molecular weight is 614 g/mol. The second-order valence-corrected chi connectivity index (χ2v) is 10.2. The van der Waals surface area contributed by atoms with Crippen LogP contribution in [0.2, 0.25) is 0 Å². The summed E-state index contributed by atoms with van der Waals surface area (Å²) < 4.78 is 9.78. The number of hydrogen-bond acceptors (Lipinski definition) is 8. The van der Waals surface area contributed by atoms with Crippen LogP contribution in [0.25, 0.3) is 27.6 Å². The summed E-state index contributed by atoms with van der Waals surface area (Å²) in [6.07, 6.45) is 4.26. The number of oxime groups is 1. The maximum Gasteiger partial charge on any atom is 0.360 e. The van der Waals surface area contributed by atoms with Gasteiger partial charge in [0, 0.05) is 40.7 Å². The molecule has 1 saturated heterocycles. The number of hydrogen-bond donors (Lipinski definition) is 2. The normalized spacial score (nSPS) is 13.9. The molecule has 234 valence electrons. The number of esters is 1. The van der Waals surface area contributed by atoms with E-state index in [1.165, 1.54) is 6.21 Å². The van der Waals surface area contributed by atoms with E-state index in [0.717, 1.165) is 32.7 Å². The Kier molecular flexibility index (Phi) is 12.1. The van der Waals surface area contributed by atoms with E-state index >= 15 is 0 Å². The Bertz CT molecular complexity index is 1730. The van der Waals surface area contributed by atoms with Crippen LogP contribution in [0.1, 0.15) is 44.2 Å². The van der Waals surface area contributed by atoms with E-state index in [-0.39, 0.29) is 30.3 Å². The van der Waals surface area contributed by atoms with Crippen molar-refractivity contribution in [3.05, 3.63) is 102 Å². The third kappa shape index (κ3) is 9.84. The van der Waals surface area contributed by atoms with Crippen LogP contribution in [0.3, 0.4) is 0 Å². The van der Waals surface area contributed by atoms with Crippen molar-refractivity contribution in [2.45, 2.75) is 39.2 Å². The molecule has 1 aliphatic rings. The highest BCUT2D eigenvalue weighted by atomic mass is 16.7. The second kappa shape index (κ2) is 15.9. The molecule has 1 fully saturated rings. The summed E-state index contributed by atoms with van der Waals surface area (Å²) in [5, 5.41) is 25.5. The van der Waals surface area contributed by atoms with Gasteiger partial charge in [0.1, 0.15) is 0 Å². The first kappa shape index (κ1) is 34.1. The van der Waals surface area contributed by atoms with Gasteiger partial charge < -0.3 is 24.5 Å². The Labute approximate surface area is 260 Å². The standard InChI is InChI=1S/C24H21NO4.C11H14O5/c1-4-16(23(26)27)12-18-9-7-10-19-13-17-8-5-6-11-20(17)21(22(18)19)14-25-29-24(28)15(2)3;1-7(10(12)13)3-4-15-11(14)8(2)5-9-6-16-9/h5-14H,2,4H2,1,3H3,(H,26,27);9H,1-6H2,(H,12,13). The summed E-state index contributed by atoms with van der Waals surface area (Å²) in [5.41, 5.74) is 2.44. The van der Waals surface area contributed by atoms with Crippen molar-refractivity contribution < 1.29 is 43.7 Å². The van der Waals surface area contributed by atoms with Crippen LogP contribution in [-0.4, -0.2) is 59.6 Å². The van der Waals surface area contributed by atoms with Gasteiger partial charge >= 0.3 is 23.9 Å². The van der Waals surface area contributed by atoms with Gasteiger partial charge in [0.15, 0.2) is 0 Å². The Balaban J connectivity index is 0.000000292. The molecule has 0 amide bonds. The van der Waals surface area contributed by atoms with Gasteiger partial charge in [-0.25, -0.2) is 19.2 Å². The minimum Gasteiger partial charge on any atom is -0.478 e. The van der Waals surface area contributed by atoms with Gasteiger partial charge in [-0.3, -0.25) is 0 Å². The lowest BCUT2D eigenvalue weighted by atomic mass is 9.93. The molecule has 3 aromatic carbocycles. The highest BCUT2D eigenvalue weighted by Crippen LogP contribution is 2.31. The van der Waals surface area contributed by atoms with Crippen molar-refractivity contribution in [1.29, 1.82) is 0 Å². The highest BCUT2D eigenvalue weighted by Gasteiger charge is 2.26. The van der Waals surface area contributed by atoms with E-state index in [1.54, 1.807) is 19.9 Å². The molecular weight excluding hydrogens is 578 g/mol. The molecule has 3 aromatic rings. The molecule has 0 bridgehead atoms. The van der Waals surface area contributed by atoms with E-state index in [4.69, 9.17) is 19.4 Å². The molecular formula is C35H35NO9. The molecule has 0 aromatic heterocycles. The van der Waals surface area contributed by atoms with Gasteiger partial charge in [0.25, 0.3) is 0 Å². The van der Waals surface area contributed by atoms with Gasteiger partial charge in [0.2, 0.25) is 0 Å². The molecule has 10 heteroatoms. The largest absolute Gasteiger partial charge is 0.478 e. The van der Waals surface area contributed by atoms with Crippen molar-refractivity contribution in [2.75, 3.05) is 13.2 Å². The number of carbonyl (C=O) groups excluding carboxylic acids is 2. The van der Waals surface area contributed by atoms with Crippen LogP contribution in [-0.2, 0) is 33.5 Å². The smallest absolute Gasteiger partial charge is 0.360 e. The SMILES string of the molecule is C=C(C)C(=O)ON=Cc1c2ccccc2cc2cccc(C=C(CC)C(=O)O)c12.C=C(CCOC(=O)C(=C)CC1CO1)C(=O)O. The molecule has 1 atom stereocenters. The predicted molar refractivity (Wildman–Crippen MR) is 172 cm³/mol. The molecule has 1 aliphatic heterocycles. The number of carboxylic acids is 2. The number of benzene rings is 3. The Morgan fingerprint density at radius 3 is 2.29 bits per heavy atom. The third-order valence-electron chi connectivity index (χ3n) is 6.72. The van der Waals surface area contributed by atoms with Crippen molar-refractivity contribution in [2.24, 2.45) is 5.16 Å². The lowest BCUT2D eigenvalue weighted by Gasteiger charge is -2.11. The van der Waals surface area contributed by atoms with Gasteiger partial charge in [-0.05, 0) is 52.6 Å². The van der Waals surface area contributed by atoms with E-state index in [0.29, 0.717) is 30.6 Å². The number of fused-ring (bicyclic) bond motifs is 2. The van der Waals surface area contributed by atoms with Crippen molar-refractivity contribution in [3.8, 4) is 0 Å². The summed E-state index contributed by atoms with van der Waals surface area (Å²) in [6.45, 7) is 14.5. The quantitative estimate of drug-likeness (QED) is 0.0435. The van der Waals surface area contributed by atoms with Crippen molar-refractivity contribution >= 4 is 57.7 Å².